The molecular weight excluding hydrogens is 288 g/mol. The lowest BCUT2D eigenvalue weighted by molar-refractivity contribution is 0.278. The molecule has 0 aliphatic rings. The first-order valence-electron chi connectivity index (χ1n) is 7.63. The maximum Gasteiger partial charge on any atom is 0.261 e. The highest BCUT2D eigenvalue weighted by atomic mass is 16.3. The molecule has 23 heavy (non-hydrogen) atoms. The van der Waals surface area contributed by atoms with E-state index in [1.165, 1.54) is 0 Å². The second kappa shape index (κ2) is 7.03. The van der Waals surface area contributed by atoms with Crippen LogP contribution >= 0.6 is 0 Å². The highest BCUT2D eigenvalue weighted by Gasteiger charge is 2.08. The van der Waals surface area contributed by atoms with Crippen LogP contribution in [0.2, 0.25) is 0 Å². The summed E-state index contributed by atoms with van der Waals surface area (Å²) in [6, 6.07) is 17.2. The topological polar surface area (TPSA) is 55.1 Å². The molecule has 1 heterocycles. The smallest absolute Gasteiger partial charge is 0.261 e. The fourth-order valence-corrected chi connectivity index (χ4v) is 2.49. The van der Waals surface area contributed by atoms with Crippen molar-refractivity contribution in [1.29, 1.82) is 0 Å². The lowest BCUT2D eigenvalue weighted by atomic mass is 10.2. The molecule has 0 fully saturated rings. The highest BCUT2D eigenvalue weighted by Crippen LogP contribution is 2.11. The normalized spacial score (nSPS) is 11.3. The van der Waals surface area contributed by atoms with Gasteiger partial charge in [0.2, 0.25) is 0 Å². The third kappa shape index (κ3) is 3.38. The molecule has 4 heteroatoms. The van der Waals surface area contributed by atoms with Gasteiger partial charge in [-0.2, -0.15) is 0 Å². The third-order valence-corrected chi connectivity index (χ3v) is 3.66. The van der Waals surface area contributed by atoms with E-state index in [2.05, 4.69) is 4.98 Å². The van der Waals surface area contributed by atoms with Crippen LogP contribution in [0.25, 0.3) is 23.1 Å². The van der Waals surface area contributed by atoms with Crippen LogP contribution in [0.4, 0.5) is 0 Å². The molecule has 0 atom stereocenters. The summed E-state index contributed by atoms with van der Waals surface area (Å²) in [6.07, 6.45) is 4.30. The van der Waals surface area contributed by atoms with Gasteiger partial charge in [0.05, 0.1) is 10.9 Å². The van der Waals surface area contributed by atoms with E-state index in [0.29, 0.717) is 29.7 Å². The zero-order chi connectivity index (χ0) is 16.1. The van der Waals surface area contributed by atoms with Crippen molar-refractivity contribution >= 4 is 23.1 Å². The van der Waals surface area contributed by atoms with E-state index in [9.17, 15) is 4.79 Å². The number of hydrogen-bond donors (Lipinski definition) is 1. The second-order valence-electron chi connectivity index (χ2n) is 5.27. The van der Waals surface area contributed by atoms with Gasteiger partial charge in [0.15, 0.2) is 0 Å². The molecule has 0 unspecified atom stereocenters. The van der Waals surface area contributed by atoms with Gasteiger partial charge in [-0.1, -0.05) is 48.5 Å². The third-order valence-electron chi connectivity index (χ3n) is 3.66. The summed E-state index contributed by atoms with van der Waals surface area (Å²) in [7, 11) is 0. The summed E-state index contributed by atoms with van der Waals surface area (Å²) in [4.78, 5) is 17.3. The lowest BCUT2D eigenvalue weighted by Crippen LogP contribution is -2.24. The van der Waals surface area contributed by atoms with Crippen LogP contribution in [0.1, 0.15) is 17.8 Å². The molecule has 0 spiro atoms. The van der Waals surface area contributed by atoms with Crippen LogP contribution in [-0.2, 0) is 6.54 Å². The van der Waals surface area contributed by atoms with Crippen molar-refractivity contribution < 1.29 is 5.11 Å². The quantitative estimate of drug-likeness (QED) is 0.788. The van der Waals surface area contributed by atoms with Crippen molar-refractivity contribution in [1.82, 2.24) is 9.55 Å². The number of nitrogens with zero attached hydrogens (tertiary/aromatic N) is 2. The number of rotatable bonds is 5. The highest BCUT2D eigenvalue weighted by molar-refractivity contribution is 5.79. The van der Waals surface area contributed by atoms with Gasteiger partial charge in [0.1, 0.15) is 5.82 Å². The van der Waals surface area contributed by atoms with E-state index in [-0.39, 0.29) is 12.2 Å². The molecule has 1 aromatic heterocycles. The van der Waals surface area contributed by atoms with Crippen LogP contribution in [0.15, 0.2) is 59.4 Å². The zero-order valence-corrected chi connectivity index (χ0v) is 12.7. The standard InChI is InChI=1S/C19H18N2O2/c22-14-6-13-21-18(12-11-15-7-2-1-3-8-15)20-17-10-5-4-9-16(17)19(21)23/h1-5,7-12,22H,6,13-14H2/b12-11+. The van der Waals surface area contributed by atoms with Gasteiger partial charge in [-0.3, -0.25) is 9.36 Å². The Morgan fingerprint density at radius 1 is 1.00 bits per heavy atom. The summed E-state index contributed by atoms with van der Waals surface area (Å²) in [6.45, 7) is 0.489. The van der Waals surface area contributed by atoms with Gasteiger partial charge < -0.3 is 5.11 Å². The average Bonchev–Trinajstić information content (AvgIpc) is 2.60. The Morgan fingerprint density at radius 2 is 1.74 bits per heavy atom. The Hall–Kier alpha value is -2.72. The van der Waals surface area contributed by atoms with Crippen molar-refractivity contribution in [3.05, 3.63) is 76.3 Å². The first kappa shape index (κ1) is 15.2. The summed E-state index contributed by atoms with van der Waals surface area (Å²) >= 11 is 0. The number of para-hydroxylation sites is 1. The van der Waals surface area contributed by atoms with E-state index < -0.39 is 0 Å². The van der Waals surface area contributed by atoms with Gasteiger partial charge in [-0.05, 0) is 30.2 Å². The molecule has 0 saturated carbocycles. The Labute approximate surface area is 134 Å². The first-order valence-corrected chi connectivity index (χ1v) is 7.63. The van der Waals surface area contributed by atoms with E-state index in [0.717, 1.165) is 5.56 Å². The Balaban J connectivity index is 2.10. The number of hydrogen-bond acceptors (Lipinski definition) is 3. The lowest BCUT2D eigenvalue weighted by Gasteiger charge is -2.10. The minimum Gasteiger partial charge on any atom is -0.396 e. The number of benzene rings is 2. The largest absolute Gasteiger partial charge is 0.396 e. The molecular formula is C19H18N2O2. The monoisotopic (exact) mass is 306 g/mol. The molecule has 0 amide bonds. The van der Waals surface area contributed by atoms with Crippen LogP contribution in [0.5, 0.6) is 0 Å². The van der Waals surface area contributed by atoms with Crippen molar-refractivity contribution in [3.63, 3.8) is 0 Å². The summed E-state index contributed by atoms with van der Waals surface area (Å²) in [5, 5.41) is 9.68. The van der Waals surface area contributed by atoms with Gasteiger partial charge >= 0.3 is 0 Å². The molecule has 116 valence electrons. The minimum absolute atomic E-state index is 0.0428. The van der Waals surface area contributed by atoms with Crippen molar-refractivity contribution in [2.75, 3.05) is 6.61 Å². The van der Waals surface area contributed by atoms with E-state index in [4.69, 9.17) is 5.11 Å². The number of aliphatic hydroxyl groups excluding tert-OH is 1. The number of fused-ring (bicyclic) bond motifs is 1. The van der Waals surface area contributed by atoms with Gasteiger partial charge in [0, 0.05) is 13.2 Å². The molecule has 2 aromatic carbocycles. The molecule has 3 aromatic rings. The first-order chi connectivity index (χ1) is 11.3. The maximum atomic E-state index is 12.7. The number of aromatic nitrogens is 2. The van der Waals surface area contributed by atoms with Crippen LogP contribution in [0, 0.1) is 0 Å². The van der Waals surface area contributed by atoms with Crippen LogP contribution < -0.4 is 5.56 Å². The van der Waals surface area contributed by atoms with Gasteiger partial charge in [-0.15, -0.1) is 0 Å². The average molecular weight is 306 g/mol. The predicted molar refractivity (Wildman–Crippen MR) is 93.1 cm³/mol. The predicted octanol–water partition coefficient (Wildman–Crippen LogP) is 2.95. The van der Waals surface area contributed by atoms with Crippen LogP contribution in [0.3, 0.4) is 0 Å². The summed E-state index contributed by atoms with van der Waals surface area (Å²) in [5.41, 5.74) is 1.66. The zero-order valence-electron chi connectivity index (χ0n) is 12.7. The molecule has 0 aliphatic carbocycles. The van der Waals surface area contributed by atoms with Gasteiger partial charge in [0.25, 0.3) is 5.56 Å². The van der Waals surface area contributed by atoms with E-state index >= 15 is 0 Å². The molecule has 3 rings (SSSR count). The van der Waals surface area contributed by atoms with E-state index in [1.807, 2.05) is 60.7 Å². The summed E-state index contributed by atoms with van der Waals surface area (Å²) in [5.74, 6) is 0.603. The summed E-state index contributed by atoms with van der Waals surface area (Å²) < 4.78 is 1.62. The van der Waals surface area contributed by atoms with Crippen LogP contribution in [-0.4, -0.2) is 21.3 Å². The Morgan fingerprint density at radius 3 is 2.52 bits per heavy atom. The molecule has 4 nitrogen and oxygen atoms in total. The molecule has 0 bridgehead atoms. The van der Waals surface area contributed by atoms with E-state index in [1.54, 1.807) is 10.6 Å². The molecule has 0 radical (unpaired) electrons. The van der Waals surface area contributed by atoms with Crippen molar-refractivity contribution in [2.24, 2.45) is 0 Å². The fourth-order valence-electron chi connectivity index (χ4n) is 2.49. The fraction of sp³-hybridized carbons (Fsp3) is 0.158. The van der Waals surface area contributed by atoms with Crippen molar-refractivity contribution in [3.8, 4) is 0 Å². The molecule has 1 N–H and O–H groups in total. The number of aliphatic hydroxyl groups is 1. The second-order valence-corrected chi connectivity index (χ2v) is 5.27. The van der Waals surface area contributed by atoms with Crippen molar-refractivity contribution in [2.45, 2.75) is 13.0 Å². The van der Waals surface area contributed by atoms with Gasteiger partial charge in [-0.25, -0.2) is 4.98 Å². The maximum absolute atomic E-state index is 12.7. The minimum atomic E-state index is -0.0724. The SMILES string of the molecule is O=c1c2ccccc2nc(/C=C/c2ccccc2)n1CCCO. The Bertz CT molecular complexity index is 883. The molecule has 0 aliphatic heterocycles. The molecule has 0 saturated heterocycles. The Kier molecular flexibility index (Phi) is 4.64.